The lowest BCUT2D eigenvalue weighted by Gasteiger charge is -2.07. The summed E-state index contributed by atoms with van der Waals surface area (Å²) >= 11 is 9.15. The molecule has 1 aromatic heterocycles. The zero-order chi connectivity index (χ0) is 15.0. The molecule has 106 valence electrons. The van der Waals surface area contributed by atoms with Crippen LogP contribution in [0.5, 0.6) is 0 Å². The van der Waals surface area contributed by atoms with E-state index >= 15 is 0 Å². The normalized spacial score (nSPS) is 10.8. The van der Waals surface area contributed by atoms with Gasteiger partial charge in [-0.05, 0) is 40.8 Å². The average molecular weight is 369 g/mol. The summed E-state index contributed by atoms with van der Waals surface area (Å²) in [5.41, 5.74) is 7.17. The maximum atomic E-state index is 14.1. The lowest BCUT2D eigenvalue weighted by atomic mass is 10.2. The summed E-state index contributed by atoms with van der Waals surface area (Å²) in [6, 6.07) is 9.87. The third-order valence-electron chi connectivity index (χ3n) is 2.81. The van der Waals surface area contributed by atoms with E-state index < -0.39 is 5.82 Å². The van der Waals surface area contributed by atoms with Gasteiger partial charge in [-0.15, -0.1) is 5.10 Å². The predicted molar refractivity (Wildman–Crippen MR) is 81.7 cm³/mol. The summed E-state index contributed by atoms with van der Waals surface area (Å²) in [6.07, 6.45) is 0. The van der Waals surface area contributed by atoms with Gasteiger partial charge in [0.2, 0.25) is 0 Å². The van der Waals surface area contributed by atoms with Gasteiger partial charge in [-0.1, -0.05) is 33.6 Å². The van der Waals surface area contributed by atoms with Crippen molar-refractivity contribution in [1.29, 1.82) is 0 Å². The van der Waals surface area contributed by atoms with Gasteiger partial charge in [0, 0.05) is 15.7 Å². The molecule has 21 heavy (non-hydrogen) atoms. The van der Waals surface area contributed by atoms with Crippen LogP contribution < -0.4 is 5.73 Å². The minimum atomic E-state index is -0.587. The van der Waals surface area contributed by atoms with Crippen LogP contribution in [0.25, 0.3) is 17.1 Å². The number of benzene rings is 2. The van der Waals surface area contributed by atoms with Gasteiger partial charge >= 0.3 is 0 Å². The van der Waals surface area contributed by atoms with Gasteiger partial charge in [0.25, 0.3) is 0 Å². The molecule has 2 aromatic carbocycles. The molecule has 0 aliphatic carbocycles. The van der Waals surface area contributed by atoms with Crippen LogP contribution in [0.1, 0.15) is 0 Å². The second-order valence-corrected chi connectivity index (χ2v) is 5.58. The Kier molecular flexibility index (Phi) is 3.60. The van der Waals surface area contributed by atoms with E-state index in [0.29, 0.717) is 17.1 Å². The van der Waals surface area contributed by atoms with Gasteiger partial charge in [0.1, 0.15) is 5.69 Å². The van der Waals surface area contributed by atoms with Crippen LogP contribution in [0.15, 0.2) is 40.9 Å². The number of nitrogens with zero attached hydrogens (tertiary/aromatic N) is 4. The Morgan fingerprint density at radius 2 is 2.05 bits per heavy atom. The summed E-state index contributed by atoms with van der Waals surface area (Å²) in [7, 11) is 0. The van der Waals surface area contributed by atoms with E-state index in [4.69, 9.17) is 17.3 Å². The number of hydrogen-bond donors (Lipinski definition) is 1. The summed E-state index contributed by atoms with van der Waals surface area (Å²) < 4.78 is 16.2. The third kappa shape index (κ3) is 2.62. The molecule has 0 fully saturated rings. The van der Waals surface area contributed by atoms with Gasteiger partial charge in [-0.25, -0.2) is 4.39 Å². The van der Waals surface area contributed by atoms with Crippen LogP contribution in [-0.4, -0.2) is 20.2 Å². The Bertz CT molecular complexity index is 800. The molecular formula is C13H8BrClFN5. The van der Waals surface area contributed by atoms with E-state index in [1.807, 2.05) is 0 Å². The van der Waals surface area contributed by atoms with E-state index in [1.165, 1.54) is 10.7 Å². The first kappa shape index (κ1) is 14.0. The minimum Gasteiger partial charge on any atom is -0.399 e. The van der Waals surface area contributed by atoms with Crippen LogP contribution in [0.2, 0.25) is 5.02 Å². The standard InChI is InChI=1S/C13H8BrClFN5/c14-8-4-7(5-9(17)6-8)13-18-19-20-21(13)11-3-1-2-10(15)12(11)16/h1-6H,17H2. The molecule has 0 aliphatic heterocycles. The fourth-order valence-corrected chi connectivity index (χ4v) is 2.61. The first-order valence-electron chi connectivity index (χ1n) is 5.85. The highest BCUT2D eigenvalue weighted by Crippen LogP contribution is 2.28. The molecule has 1 heterocycles. The lowest BCUT2D eigenvalue weighted by Crippen LogP contribution is -2.03. The first-order valence-corrected chi connectivity index (χ1v) is 7.02. The summed E-state index contributed by atoms with van der Waals surface area (Å²) in [5, 5.41) is 11.4. The third-order valence-corrected chi connectivity index (χ3v) is 3.56. The SMILES string of the molecule is Nc1cc(Br)cc(-c2nnnn2-c2cccc(Cl)c2F)c1. The van der Waals surface area contributed by atoms with Crippen molar-refractivity contribution in [2.75, 3.05) is 5.73 Å². The predicted octanol–water partition coefficient (Wildman–Crippen LogP) is 3.47. The Morgan fingerprint density at radius 1 is 1.24 bits per heavy atom. The number of anilines is 1. The van der Waals surface area contributed by atoms with Crippen LogP contribution >= 0.6 is 27.5 Å². The number of aromatic nitrogens is 4. The second kappa shape index (κ2) is 5.42. The number of nitrogen functional groups attached to an aromatic ring is 1. The molecule has 8 heteroatoms. The van der Waals surface area contributed by atoms with Gasteiger partial charge in [0.05, 0.1) is 5.02 Å². The van der Waals surface area contributed by atoms with Crippen LogP contribution in [0, 0.1) is 5.82 Å². The molecule has 3 aromatic rings. The van der Waals surface area contributed by atoms with E-state index in [9.17, 15) is 4.39 Å². The molecule has 0 spiro atoms. The quantitative estimate of drug-likeness (QED) is 0.703. The topological polar surface area (TPSA) is 69.6 Å². The van der Waals surface area contributed by atoms with Crippen molar-refractivity contribution in [1.82, 2.24) is 20.2 Å². The van der Waals surface area contributed by atoms with Gasteiger partial charge in [0.15, 0.2) is 11.6 Å². The van der Waals surface area contributed by atoms with Crippen molar-refractivity contribution in [3.05, 3.63) is 51.7 Å². The van der Waals surface area contributed by atoms with Crippen LogP contribution in [-0.2, 0) is 0 Å². The highest BCUT2D eigenvalue weighted by molar-refractivity contribution is 9.10. The molecule has 2 N–H and O–H groups in total. The largest absolute Gasteiger partial charge is 0.399 e. The first-order chi connectivity index (χ1) is 10.1. The number of nitrogens with two attached hydrogens (primary N) is 1. The van der Waals surface area contributed by atoms with Crippen LogP contribution in [0.4, 0.5) is 10.1 Å². The molecule has 0 atom stereocenters. The van der Waals surface area contributed by atoms with Crippen molar-refractivity contribution >= 4 is 33.2 Å². The van der Waals surface area contributed by atoms with Crippen molar-refractivity contribution in [2.24, 2.45) is 0 Å². The Hall–Kier alpha value is -1.99. The number of halogens is 3. The highest BCUT2D eigenvalue weighted by Gasteiger charge is 2.16. The summed E-state index contributed by atoms with van der Waals surface area (Å²) in [6.45, 7) is 0. The van der Waals surface area contributed by atoms with E-state index in [-0.39, 0.29) is 10.7 Å². The molecule has 0 bridgehead atoms. The number of tetrazole rings is 1. The molecule has 0 radical (unpaired) electrons. The Labute approximate surface area is 132 Å². The van der Waals surface area contributed by atoms with Crippen molar-refractivity contribution < 1.29 is 4.39 Å². The smallest absolute Gasteiger partial charge is 0.187 e. The van der Waals surface area contributed by atoms with Crippen molar-refractivity contribution in [3.63, 3.8) is 0 Å². The molecule has 0 unspecified atom stereocenters. The molecule has 3 rings (SSSR count). The maximum Gasteiger partial charge on any atom is 0.187 e. The minimum absolute atomic E-state index is 0.00251. The number of rotatable bonds is 2. The summed E-state index contributed by atoms with van der Waals surface area (Å²) in [4.78, 5) is 0. The fraction of sp³-hybridized carbons (Fsp3) is 0. The maximum absolute atomic E-state index is 14.1. The zero-order valence-electron chi connectivity index (χ0n) is 10.5. The molecule has 0 saturated carbocycles. The van der Waals surface area contributed by atoms with Crippen molar-refractivity contribution in [2.45, 2.75) is 0 Å². The van der Waals surface area contributed by atoms with Gasteiger partial charge in [-0.2, -0.15) is 4.68 Å². The van der Waals surface area contributed by atoms with Crippen molar-refractivity contribution in [3.8, 4) is 17.1 Å². The fourth-order valence-electron chi connectivity index (χ4n) is 1.93. The second-order valence-electron chi connectivity index (χ2n) is 4.26. The van der Waals surface area contributed by atoms with Gasteiger partial charge < -0.3 is 5.73 Å². The average Bonchev–Trinajstić information content (AvgIpc) is 2.90. The van der Waals surface area contributed by atoms with E-state index in [0.717, 1.165) is 4.47 Å². The molecular weight excluding hydrogens is 361 g/mol. The molecule has 5 nitrogen and oxygen atoms in total. The molecule has 0 saturated heterocycles. The molecule has 0 aliphatic rings. The lowest BCUT2D eigenvalue weighted by molar-refractivity contribution is 0.608. The number of hydrogen-bond acceptors (Lipinski definition) is 4. The molecule has 0 amide bonds. The summed E-state index contributed by atoms with van der Waals surface area (Å²) in [5.74, 6) is -0.222. The Balaban J connectivity index is 2.19. The zero-order valence-corrected chi connectivity index (χ0v) is 12.8. The van der Waals surface area contributed by atoms with Gasteiger partial charge in [-0.3, -0.25) is 0 Å². The highest BCUT2D eigenvalue weighted by atomic mass is 79.9. The Morgan fingerprint density at radius 3 is 2.81 bits per heavy atom. The van der Waals surface area contributed by atoms with E-state index in [1.54, 1.807) is 30.3 Å². The van der Waals surface area contributed by atoms with Crippen LogP contribution in [0.3, 0.4) is 0 Å². The monoisotopic (exact) mass is 367 g/mol. The van der Waals surface area contributed by atoms with E-state index in [2.05, 4.69) is 31.5 Å².